The quantitative estimate of drug-likeness (QED) is 0.563. The molecule has 2 aromatic carbocycles. The van der Waals surface area contributed by atoms with Gasteiger partial charge in [-0.15, -0.1) is 0 Å². The van der Waals surface area contributed by atoms with Crippen molar-refractivity contribution in [1.29, 1.82) is 0 Å². The molecule has 1 aliphatic rings. The van der Waals surface area contributed by atoms with Gasteiger partial charge < -0.3 is 10.1 Å². The monoisotopic (exact) mass is 455 g/mol. The molecule has 0 radical (unpaired) electrons. The zero-order valence-electron chi connectivity index (χ0n) is 17.7. The third-order valence-corrected chi connectivity index (χ3v) is 6.88. The lowest BCUT2D eigenvalue weighted by molar-refractivity contribution is -0.120. The third-order valence-electron chi connectivity index (χ3n) is 5.48. The summed E-state index contributed by atoms with van der Waals surface area (Å²) in [5.41, 5.74) is 1.40. The van der Waals surface area contributed by atoms with Gasteiger partial charge in [0.05, 0.1) is 41.5 Å². The molecule has 0 atom stereocenters. The summed E-state index contributed by atoms with van der Waals surface area (Å²) in [6.45, 7) is 0. The summed E-state index contributed by atoms with van der Waals surface area (Å²) in [5, 5.41) is 11.0. The fraction of sp³-hybridized carbons (Fsp3) is 0.318. The molecule has 1 heterocycles. The normalized spacial score (nSPS) is 14.7. The van der Waals surface area contributed by atoms with Crippen molar-refractivity contribution in [3.05, 3.63) is 54.9 Å². The fourth-order valence-corrected chi connectivity index (χ4v) is 4.84. The molecule has 32 heavy (non-hydrogen) atoms. The molecule has 0 unspecified atom stereocenters. The predicted molar refractivity (Wildman–Crippen MR) is 120 cm³/mol. The molecule has 0 spiro atoms. The number of sulfonamides is 1. The maximum Gasteiger partial charge on any atom is 0.261 e. The molecule has 2 N–H and O–H groups in total. The van der Waals surface area contributed by atoms with Crippen LogP contribution in [0, 0.1) is 5.92 Å². The molecule has 10 heteroatoms. The SMILES string of the molecule is COc1ccc(NS(=O)(=O)c2ccc(-n3nccn3)cc2)cc1NC(=O)C1CCCCC1. The topological polar surface area (TPSA) is 115 Å². The van der Waals surface area contributed by atoms with Gasteiger partial charge in [0.2, 0.25) is 5.91 Å². The molecule has 1 amide bonds. The summed E-state index contributed by atoms with van der Waals surface area (Å²) in [6.07, 6.45) is 8.06. The van der Waals surface area contributed by atoms with Gasteiger partial charge in [-0.1, -0.05) is 19.3 Å². The van der Waals surface area contributed by atoms with Gasteiger partial charge in [-0.25, -0.2) is 8.42 Å². The number of carbonyl (C=O) groups excluding carboxylic acids is 1. The molecular weight excluding hydrogens is 430 g/mol. The van der Waals surface area contributed by atoms with Crippen LogP contribution >= 0.6 is 0 Å². The van der Waals surface area contributed by atoms with E-state index >= 15 is 0 Å². The largest absolute Gasteiger partial charge is 0.495 e. The second-order valence-corrected chi connectivity index (χ2v) is 9.34. The van der Waals surface area contributed by atoms with Gasteiger partial charge in [0, 0.05) is 5.92 Å². The first-order valence-electron chi connectivity index (χ1n) is 10.4. The minimum absolute atomic E-state index is 0.0309. The molecule has 3 aromatic rings. The zero-order valence-corrected chi connectivity index (χ0v) is 18.5. The lowest BCUT2D eigenvalue weighted by Gasteiger charge is -2.21. The van der Waals surface area contributed by atoms with Crippen molar-refractivity contribution >= 4 is 27.3 Å². The van der Waals surface area contributed by atoms with E-state index in [0.29, 0.717) is 22.8 Å². The number of ether oxygens (including phenoxy) is 1. The van der Waals surface area contributed by atoms with Crippen LogP contribution in [0.5, 0.6) is 5.75 Å². The maximum absolute atomic E-state index is 12.9. The number of methoxy groups -OCH3 is 1. The highest BCUT2D eigenvalue weighted by Crippen LogP contribution is 2.31. The Morgan fingerprint density at radius 1 is 1.03 bits per heavy atom. The van der Waals surface area contributed by atoms with Crippen molar-refractivity contribution in [3.63, 3.8) is 0 Å². The summed E-state index contributed by atoms with van der Waals surface area (Å²) >= 11 is 0. The molecule has 9 nitrogen and oxygen atoms in total. The number of nitrogens with zero attached hydrogens (tertiary/aromatic N) is 3. The first-order chi connectivity index (χ1) is 15.5. The van der Waals surface area contributed by atoms with Crippen LogP contribution in [0.15, 0.2) is 59.8 Å². The van der Waals surface area contributed by atoms with Crippen LogP contribution in [0.4, 0.5) is 11.4 Å². The maximum atomic E-state index is 12.9. The van der Waals surface area contributed by atoms with Crippen LogP contribution in [0.1, 0.15) is 32.1 Å². The minimum atomic E-state index is -3.84. The molecule has 0 aliphatic heterocycles. The van der Waals surface area contributed by atoms with Crippen molar-refractivity contribution in [2.24, 2.45) is 5.92 Å². The van der Waals surface area contributed by atoms with Gasteiger partial charge in [-0.05, 0) is 55.3 Å². The van der Waals surface area contributed by atoms with E-state index in [-0.39, 0.29) is 16.7 Å². The van der Waals surface area contributed by atoms with Crippen LogP contribution in [-0.2, 0) is 14.8 Å². The summed E-state index contributed by atoms with van der Waals surface area (Å²) in [4.78, 5) is 14.2. The Kier molecular flexibility index (Phi) is 6.40. The number of nitrogens with one attached hydrogen (secondary N) is 2. The molecule has 0 saturated heterocycles. The first kappa shape index (κ1) is 21.8. The van der Waals surface area contributed by atoms with Crippen LogP contribution < -0.4 is 14.8 Å². The molecule has 1 aliphatic carbocycles. The molecule has 1 fully saturated rings. The Balaban J connectivity index is 1.51. The Labute approximate surface area is 186 Å². The van der Waals surface area contributed by atoms with Gasteiger partial charge in [0.25, 0.3) is 10.0 Å². The van der Waals surface area contributed by atoms with Gasteiger partial charge >= 0.3 is 0 Å². The van der Waals surface area contributed by atoms with E-state index in [2.05, 4.69) is 20.2 Å². The van der Waals surface area contributed by atoms with E-state index in [9.17, 15) is 13.2 Å². The average Bonchev–Trinajstić information content (AvgIpc) is 3.35. The number of amides is 1. The second kappa shape index (κ2) is 9.39. The first-order valence-corrected chi connectivity index (χ1v) is 11.9. The van der Waals surface area contributed by atoms with Crippen LogP contribution in [-0.4, -0.2) is 36.4 Å². The van der Waals surface area contributed by atoms with Crippen LogP contribution in [0.3, 0.4) is 0 Å². The van der Waals surface area contributed by atoms with E-state index < -0.39 is 10.0 Å². The highest BCUT2D eigenvalue weighted by molar-refractivity contribution is 7.92. The number of carbonyl (C=O) groups is 1. The number of benzene rings is 2. The van der Waals surface area contributed by atoms with Crippen molar-refractivity contribution in [2.45, 2.75) is 37.0 Å². The van der Waals surface area contributed by atoms with Gasteiger partial charge in [-0.2, -0.15) is 15.0 Å². The van der Waals surface area contributed by atoms with Gasteiger partial charge in [0.1, 0.15) is 5.75 Å². The molecular formula is C22H25N5O4S. The fourth-order valence-electron chi connectivity index (χ4n) is 3.79. The predicted octanol–water partition coefficient (Wildman–Crippen LogP) is 3.60. The Morgan fingerprint density at radius 3 is 2.38 bits per heavy atom. The van der Waals surface area contributed by atoms with Crippen molar-refractivity contribution < 1.29 is 17.9 Å². The number of rotatable bonds is 7. The van der Waals surface area contributed by atoms with E-state index in [0.717, 1.165) is 32.1 Å². The molecule has 168 valence electrons. The van der Waals surface area contributed by atoms with E-state index in [1.54, 1.807) is 42.7 Å². The standard InChI is InChI=1S/C22H25N5O4S/c1-31-21-12-7-17(15-20(21)25-22(28)16-5-3-2-4-6-16)26-32(29,30)19-10-8-18(9-11-19)27-23-13-14-24-27/h7-16,26H,2-6H2,1H3,(H,25,28). The smallest absolute Gasteiger partial charge is 0.261 e. The van der Waals surface area contributed by atoms with Crippen molar-refractivity contribution in [2.75, 3.05) is 17.1 Å². The average molecular weight is 456 g/mol. The van der Waals surface area contributed by atoms with Crippen molar-refractivity contribution in [3.8, 4) is 11.4 Å². The highest BCUT2D eigenvalue weighted by atomic mass is 32.2. The highest BCUT2D eigenvalue weighted by Gasteiger charge is 2.22. The Morgan fingerprint density at radius 2 is 1.72 bits per heavy atom. The molecule has 1 saturated carbocycles. The molecule has 1 aromatic heterocycles. The zero-order chi connectivity index (χ0) is 22.6. The lowest BCUT2D eigenvalue weighted by Crippen LogP contribution is -2.25. The number of aromatic nitrogens is 3. The van der Waals surface area contributed by atoms with E-state index in [1.165, 1.54) is 24.0 Å². The summed E-state index contributed by atoms with van der Waals surface area (Å²) < 4.78 is 33.6. The lowest BCUT2D eigenvalue weighted by atomic mass is 9.88. The van der Waals surface area contributed by atoms with E-state index in [4.69, 9.17) is 4.74 Å². The number of hydrogen-bond donors (Lipinski definition) is 2. The number of anilines is 2. The summed E-state index contributed by atoms with van der Waals surface area (Å²) in [5.74, 6) is 0.371. The third kappa shape index (κ3) is 4.91. The van der Waals surface area contributed by atoms with Crippen molar-refractivity contribution in [1.82, 2.24) is 15.0 Å². The molecule has 0 bridgehead atoms. The summed E-state index contributed by atoms with van der Waals surface area (Å²) in [7, 11) is -2.33. The Bertz CT molecular complexity index is 1170. The van der Waals surface area contributed by atoms with Crippen LogP contribution in [0.25, 0.3) is 5.69 Å². The number of hydrogen-bond acceptors (Lipinski definition) is 6. The van der Waals surface area contributed by atoms with Crippen LogP contribution in [0.2, 0.25) is 0 Å². The Hall–Kier alpha value is -3.40. The van der Waals surface area contributed by atoms with Gasteiger partial charge in [-0.3, -0.25) is 9.52 Å². The van der Waals surface area contributed by atoms with E-state index in [1.807, 2.05) is 0 Å². The van der Waals surface area contributed by atoms with Gasteiger partial charge in [0.15, 0.2) is 0 Å². The molecule has 4 rings (SSSR count). The second-order valence-electron chi connectivity index (χ2n) is 7.66. The minimum Gasteiger partial charge on any atom is -0.495 e. The summed E-state index contributed by atoms with van der Waals surface area (Å²) in [6, 6.07) is 11.0.